The van der Waals surface area contributed by atoms with Crippen LogP contribution in [-0.2, 0) is 16.0 Å². The first-order valence-electron chi connectivity index (χ1n) is 12.8. The second kappa shape index (κ2) is 8.77. The molecule has 37 heavy (non-hydrogen) atoms. The largest absolute Gasteiger partial charge is 0.388 e. The third-order valence-corrected chi connectivity index (χ3v) is 7.96. The van der Waals surface area contributed by atoms with Gasteiger partial charge in [0, 0.05) is 32.4 Å². The summed E-state index contributed by atoms with van der Waals surface area (Å²) in [4.78, 5) is 35.5. The number of nitrogens with two attached hydrogens (primary N) is 1. The number of carbonyl (C=O) groups is 1. The average Bonchev–Trinajstić information content (AvgIpc) is 3.47. The number of amides is 1. The Balaban J connectivity index is 1.07. The van der Waals surface area contributed by atoms with E-state index < -0.39 is 11.2 Å². The zero-order chi connectivity index (χ0) is 25.8. The number of hydrogen-bond donors (Lipinski definition) is 3. The quantitative estimate of drug-likeness (QED) is 0.383. The number of H-pyrrole nitrogens is 1. The highest BCUT2D eigenvalue weighted by atomic mass is 16.5. The minimum absolute atomic E-state index is 0.120. The highest BCUT2D eigenvalue weighted by molar-refractivity contribution is 5.81. The molecule has 2 atom stereocenters. The number of likely N-dealkylation sites (tertiary alicyclic amines) is 1. The number of benzene rings is 1. The molecule has 0 aliphatic carbocycles. The van der Waals surface area contributed by atoms with Gasteiger partial charge in [0.2, 0.25) is 5.91 Å². The van der Waals surface area contributed by atoms with Crippen LogP contribution in [0.2, 0.25) is 0 Å². The maximum Gasteiger partial charge on any atom is 0.223 e. The van der Waals surface area contributed by atoms with Gasteiger partial charge in [0.1, 0.15) is 17.7 Å². The van der Waals surface area contributed by atoms with Gasteiger partial charge in [-0.3, -0.25) is 4.79 Å². The number of aromatic nitrogens is 6. The van der Waals surface area contributed by atoms with E-state index in [2.05, 4.69) is 31.0 Å². The summed E-state index contributed by atoms with van der Waals surface area (Å²) in [6, 6.07) is 5.75. The van der Waals surface area contributed by atoms with Crippen LogP contribution in [-0.4, -0.2) is 76.3 Å². The first-order chi connectivity index (χ1) is 17.7. The minimum atomic E-state index is -1.04. The lowest BCUT2D eigenvalue weighted by Crippen LogP contribution is -2.58. The smallest absolute Gasteiger partial charge is 0.223 e. The molecule has 6 rings (SSSR count). The van der Waals surface area contributed by atoms with E-state index in [4.69, 9.17) is 10.5 Å². The van der Waals surface area contributed by atoms with Gasteiger partial charge in [-0.25, -0.2) is 19.9 Å². The normalized spacial score (nSPS) is 23.8. The Hall–Kier alpha value is -3.57. The number of imidazole rings is 2. The number of nitrogens with zero attached hydrogens (tertiary/aromatic N) is 6. The Morgan fingerprint density at radius 3 is 2.86 bits per heavy atom. The second-order valence-corrected chi connectivity index (χ2v) is 10.7. The summed E-state index contributed by atoms with van der Waals surface area (Å²) in [7, 11) is 0. The van der Waals surface area contributed by atoms with Gasteiger partial charge in [-0.1, -0.05) is 6.07 Å². The standard InChI is InChI=1S/C26H32N8O3/c1-16-3-4-17-18(11-16)32-20(31-17)5-6-21(35)33-9-7-26(8-10-33)13-25(2,36)19(12-37-26)34-15-30-22-23(27)28-14-29-24(22)34/h3-4,11,14-15,19,36H,5-10,12-13H2,1-2H3,(H,31,32)(H2,27,28,29)/t19-,25-/m1/s1. The van der Waals surface area contributed by atoms with Crippen LogP contribution in [0.3, 0.4) is 0 Å². The van der Waals surface area contributed by atoms with E-state index in [1.54, 1.807) is 6.33 Å². The maximum atomic E-state index is 13.0. The molecule has 0 bridgehead atoms. The molecule has 5 heterocycles. The molecule has 2 saturated heterocycles. The summed E-state index contributed by atoms with van der Waals surface area (Å²) in [5.41, 5.74) is 8.63. The number of fused-ring (bicyclic) bond motifs is 2. The zero-order valence-electron chi connectivity index (χ0n) is 21.1. The number of rotatable bonds is 4. The van der Waals surface area contributed by atoms with Crippen molar-refractivity contribution in [2.75, 3.05) is 25.4 Å². The molecule has 0 radical (unpaired) electrons. The average molecular weight is 505 g/mol. The summed E-state index contributed by atoms with van der Waals surface area (Å²) < 4.78 is 8.25. The van der Waals surface area contributed by atoms with E-state index in [9.17, 15) is 9.90 Å². The van der Waals surface area contributed by atoms with Gasteiger partial charge in [-0.15, -0.1) is 0 Å². The Bertz CT molecular complexity index is 1470. The van der Waals surface area contributed by atoms with E-state index in [1.165, 1.54) is 11.9 Å². The number of aryl methyl sites for hydroxylation is 2. The lowest BCUT2D eigenvalue weighted by atomic mass is 9.75. The summed E-state index contributed by atoms with van der Waals surface area (Å²) in [6.07, 6.45) is 5.86. The number of nitrogen functional groups attached to an aromatic ring is 1. The molecule has 1 amide bonds. The zero-order valence-corrected chi connectivity index (χ0v) is 21.1. The Kier molecular flexibility index (Phi) is 5.64. The van der Waals surface area contributed by atoms with Gasteiger partial charge in [0.15, 0.2) is 11.5 Å². The van der Waals surface area contributed by atoms with Crippen molar-refractivity contribution >= 4 is 33.9 Å². The van der Waals surface area contributed by atoms with Crippen molar-refractivity contribution in [2.24, 2.45) is 0 Å². The Morgan fingerprint density at radius 1 is 1.27 bits per heavy atom. The van der Waals surface area contributed by atoms with Crippen molar-refractivity contribution in [3.05, 3.63) is 42.2 Å². The predicted octanol–water partition coefficient (Wildman–Crippen LogP) is 2.30. The molecule has 1 aromatic carbocycles. The number of aliphatic hydroxyl groups is 1. The molecular weight excluding hydrogens is 472 g/mol. The Morgan fingerprint density at radius 2 is 2.08 bits per heavy atom. The van der Waals surface area contributed by atoms with Gasteiger partial charge in [-0.2, -0.15) is 0 Å². The SMILES string of the molecule is Cc1ccc2nc(CCC(=O)N3CCC4(CC3)C[C@@](C)(O)[C@H](n3cnc5c(N)ncnc53)CO4)[nH]c2c1. The number of anilines is 1. The van der Waals surface area contributed by atoms with Crippen LogP contribution in [0.25, 0.3) is 22.2 Å². The monoisotopic (exact) mass is 504 g/mol. The number of hydrogen-bond acceptors (Lipinski definition) is 8. The number of piperidine rings is 1. The number of nitrogens with one attached hydrogen (secondary N) is 1. The Labute approximate surface area is 214 Å². The molecule has 2 aliphatic rings. The van der Waals surface area contributed by atoms with Gasteiger partial charge in [-0.05, 0) is 44.4 Å². The molecule has 3 aromatic heterocycles. The molecule has 11 nitrogen and oxygen atoms in total. The van der Waals surface area contributed by atoms with Crippen molar-refractivity contribution < 1.29 is 14.6 Å². The van der Waals surface area contributed by atoms with Gasteiger partial charge >= 0.3 is 0 Å². The fourth-order valence-corrected chi connectivity index (χ4v) is 5.90. The first kappa shape index (κ1) is 23.8. The fourth-order valence-electron chi connectivity index (χ4n) is 5.90. The molecule has 0 unspecified atom stereocenters. The highest BCUT2D eigenvalue weighted by Gasteiger charge is 2.50. The van der Waals surface area contributed by atoms with Crippen molar-refractivity contribution in [2.45, 2.75) is 63.2 Å². The lowest BCUT2D eigenvalue weighted by molar-refractivity contribution is -0.196. The van der Waals surface area contributed by atoms with Crippen LogP contribution in [0.5, 0.6) is 0 Å². The molecule has 4 N–H and O–H groups in total. The molecular formula is C26H32N8O3. The van der Waals surface area contributed by atoms with Crippen LogP contribution in [0.4, 0.5) is 5.82 Å². The van der Waals surface area contributed by atoms with Crippen LogP contribution in [0.1, 0.15) is 50.0 Å². The molecule has 194 valence electrons. The molecule has 2 aliphatic heterocycles. The molecule has 11 heteroatoms. The van der Waals surface area contributed by atoms with Gasteiger partial charge in [0.05, 0.1) is 41.2 Å². The van der Waals surface area contributed by atoms with E-state index in [-0.39, 0.29) is 11.9 Å². The van der Waals surface area contributed by atoms with Crippen molar-refractivity contribution in [3.8, 4) is 0 Å². The van der Waals surface area contributed by atoms with Crippen molar-refractivity contribution in [3.63, 3.8) is 0 Å². The lowest BCUT2D eigenvalue weighted by Gasteiger charge is -2.51. The van der Waals surface area contributed by atoms with Crippen LogP contribution in [0.15, 0.2) is 30.9 Å². The molecule has 2 fully saturated rings. The van der Waals surface area contributed by atoms with Crippen LogP contribution >= 0.6 is 0 Å². The maximum absolute atomic E-state index is 13.0. The van der Waals surface area contributed by atoms with Crippen molar-refractivity contribution in [1.29, 1.82) is 0 Å². The van der Waals surface area contributed by atoms with Crippen LogP contribution in [0, 0.1) is 6.92 Å². The predicted molar refractivity (Wildman–Crippen MR) is 138 cm³/mol. The minimum Gasteiger partial charge on any atom is -0.388 e. The summed E-state index contributed by atoms with van der Waals surface area (Å²) in [5.74, 6) is 1.26. The first-order valence-corrected chi connectivity index (χ1v) is 12.8. The second-order valence-electron chi connectivity index (χ2n) is 10.7. The van der Waals surface area contributed by atoms with Gasteiger partial charge < -0.3 is 30.0 Å². The van der Waals surface area contributed by atoms with Crippen molar-refractivity contribution in [1.82, 2.24) is 34.4 Å². The van der Waals surface area contributed by atoms with E-state index in [0.717, 1.165) is 16.9 Å². The van der Waals surface area contributed by atoms with Gasteiger partial charge in [0.25, 0.3) is 0 Å². The van der Waals surface area contributed by atoms with E-state index >= 15 is 0 Å². The molecule has 4 aromatic rings. The third kappa shape index (κ3) is 4.31. The number of aromatic amines is 1. The summed E-state index contributed by atoms with van der Waals surface area (Å²) in [5, 5.41) is 11.5. The van der Waals surface area contributed by atoms with E-state index in [0.29, 0.717) is 68.8 Å². The summed E-state index contributed by atoms with van der Waals surface area (Å²) >= 11 is 0. The third-order valence-electron chi connectivity index (χ3n) is 7.96. The number of ether oxygens (including phenoxy) is 1. The van der Waals surface area contributed by atoms with E-state index in [1.807, 2.05) is 35.4 Å². The molecule has 1 spiro atoms. The topological polar surface area (TPSA) is 148 Å². The highest BCUT2D eigenvalue weighted by Crippen LogP contribution is 2.44. The molecule has 0 saturated carbocycles. The van der Waals surface area contributed by atoms with Crippen LogP contribution < -0.4 is 5.73 Å². The fraction of sp³-hybridized carbons (Fsp3) is 0.500. The number of carbonyl (C=O) groups excluding carboxylic acids is 1. The summed E-state index contributed by atoms with van der Waals surface area (Å²) in [6.45, 7) is 5.42.